The third kappa shape index (κ3) is 3.81. The van der Waals surface area contributed by atoms with Crippen molar-refractivity contribution in [2.45, 2.75) is 39.2 Å². The van der Waals surface area contributed by atoms with Crippen LogP contribution < -0.4 is 0 Å². The Bertz CT molecular complexity index is 1280. The van der Waals surface area contributed by atoms with Crippen molar-refractivity contribution in [3.05, 3.63) is 82.9 Å². The van der Waals surface area contributed by atoms with E-state index >= 15 is 0 Å². The van der Waals surface area contributed by atoms with Crippen LogP contribution in [-0.2, 0) is 13.6 Å². The van der Waals surface area contributed by atoms with Gasteiger partial charge in [-0.1, -0.05) is 24.3 Å². The summed E-state index contributed by atoms with van der Waals surface area (Å²) in [6, 6.07) is 18.3. The topological polar surface area (TPSA) is 56.0 Å². The molecule has 2 aromatic carbocycles. The summed E-state index contributed by atoms with van der Waals surface area (Å²) in [6.07, 6.45) is 2.05. The molecule has 1 unspecified atom stereocenters. The largest absolute Gasteiger partial charge is 0.338 e. The molecule has 1 aliphatic rings. The number of para-hydroxylation sites is 2. The molecule has 0 spiro atoms. The van der Waals surface area contributed by atoms with Crippen LogP contribution in [0.4, 0.5) is 0 Å². The molecule has 0 radical (unpaired) electrons. The van der Waals surface area contributed by atoms with Gasteiger partial charge >= 0.3 is 0 Å². The predicted octanol–water partition coefficient (Wildman–Crippen LogP) is 4.45. The Morgan fingerprint density at radius 3 is 2.72 bits per heavy atom. The van der Waals surface area contributed by atoms with Gasteiger partial charge < -0.3 is 9.47 Å². The molecule has 0 bridgehead atoms. The fraction of sp³-hybridized carbons (Fsp3) is 0.346. The second kappa shape index (κ2) is 8.26. The Morgan fingerprint density at radius 1 is 1.09 bits per heavy atom. The highest BCUT2D eigenvalue weighted by Crippen LogP contribution is 2.29. The average Bonchev–Trinajstić information content (AvgIpc) is 3.31. The SMILES string of the molecule is Cc1cc(C)n(Cc2cccc(C(=O)N3CCCC(c4nc5ccccc5n4C)C3)c2)n1. The minimum absolute atomic E-state index is 0.101. The van der Waals surface area contributed by atoms with E-state index in [0.29, 0.717) is 13.1 Å². The van der Waals surface area contributed by atoms with Gasteiger partial charge in [-0.2, -0.15) is 5.10 Å². The van der Waals surface area contributed by atoms with E-state index in [9.17, 15) is 4.79 Å². The summed E-state index contributed by atoms with van der Waals surface area (Å²) in [5.74, 6) is 1.42. The lowest BCUT2D eigenvalue weighted by Crippen LogP contribution is -2.39. The number of imidazole rings is 1. The van der Waals surface area contributed by atoms with Gasteiger partial charge in [0.25, 0.3) is 5.91 Å². The highest BCUT2D eigenvalue weighted by atomic mass is 16.2. The number of rotatable bonds is 4. The van der Waals surface area contributed by atoms with E-state index in [-0.39, 0.29) is 11.8 Å². The number of hydrogen-bond acceptors (Lipinski definition) is 3. The van der Waals surface area contributed by atoms with Crippen LogP contribution in [0.1, 0.15) is 51.9 Å². The second-order valence-electron chi connectivity index (χ2n) is 8.89. The zero-order valence-electron chi connectivity index (χ0n) is 19.0. The normalized spacial score (nSPS) is 16.6. The number of carbonyl (C=O) groups excluding carboxylic acids is 1. The highest BCUT2D eigenvalue weighted by molar-refractivity contribution is 5.94. The lowest BCUT2D eigenvalue weighted by molar-refractivity contribution is 0.0703. The number of carbonyl (C=O) groups is 1. The van der Waals surface area contributed by atoms with E-state index in [1.54, 1.807) is 0 Å². The van der Waals surface area contributed by atoms with Gasteiger partial charge in [0.15, 0.2) is 0 Å². The number of likely N-dealkylation sites (tertiary alicyclic amines) is 1. The maximum absolute atomic E-state index is 13.4. The van der Waals surface area contributed by atoms with Crippen LogP contribution in [0.2, 0.25) is 0 Å². The summed E-state index contributed by atoms with van der Waals surface area (Å²) in [6.45, 7) is 6.23. The van der Waals surface area contributed by atoms with E-state index in [1.165, 1.54) is 0 Å². The number of benzene rings is 2. The molecule has 1 saturated heterocycles. The number of nitrogens with zero attached hydrogens (tertiary/aromatic N) is 5. The first-order valence-electron chi connectivity index (χ1n) is 11.3. The summed E-state index contributed by atoms with van der Waals surface area (Å²) >= 11 is 0. The van der Waals surface area contributed by atoms with Crippen LogP contribution >= 0.6 is 0 Å². The molecule has 1 atom stereocenters. The number of aryl methyl sites for hydroxylation is 3. The zero-order valence-corrected chi connectivity index (χ0v) is 19.0. The fourth-order valence-electron chi connectivity index (χ4n) is 4.89. The molecule has 5 rings (SSSR count). The summed E-state index contributed by atoms with van der Waals surface area (Å²) in [7, 11) is 2.08. The molecule has 3 heterocycles. The molecule has 164 valence electrons. The van der Waals surface area contributed by atoms with Crippen molar-refractivity contribution in [3.63, 3.8) is 0 Å². The van der Waals surface area contributed by atoms with Gasteiger partial charge in [-0.3, -0.25) is 9.48 Å². The van der Waals surface area contributed by atoms with E-state index in [1.807, 2.05) is 46.8 Å². The third-order valence-electron chi connectivity index (χ3n) is 6.51. The highest BCUT2D eigenvalue weighted by Gasteiger charge is 2.28. The molecule has 6 nitrogen and oxygen atoms in total. The van der Waals surface area contributed by atoms with Crippen molar-refractivity contribution in [1.29, 1.82) is 0 Å². The number of fused-ring (bicyclic) bond motifs is 1. The quantitative estimate of drug-likeness (QED) is 0.483. The first-order valence-corrected chi connectivity index (χ1v) is 11.3. The van der Waals surface area contributed by atoms with Gasteiger partial charge in [0.1, 0.15) is 5.82 Å². The molecule has 1 amide bonds. The molecular weight excluding hydrogens is 398 g/mol. The van der Waals surface area contributed by atoms with Crippen molar-refractivity contribution >= 4 is 16.9 Å². The molecule has 0 N–H and O–H groups in total. The fourth-order valence-corrected chi connectivity index (χ4v) is 4.89. The van der Waals surface area contributed by atoms with Crippen LogP contribution in [0.5, 0.6) is 0 Å². The van der Waals surface area contributed by atoms with Crippen molar-refractivity contribution < 1.29 is 4.79 Å². The van der Waals surface area contributed by atoms with Crippen LogP contribution in [0.3, 0.4) is 0 Å². The molecule has 0 aliphatic carbocycles. The maximum atomic E-state index is 13.4. The van der Waals surface area contributed by atoms with Gasteiger partial charge in [-0.25, -0.2) is 4.98 Å². The Labute approximate surface area is 188 Å². The van der Waals surface area contributed by atoms with Crippen LogP contribution in [0, 0.1) is 13.8 Å². The standard InChI is InChI=1S/C26H29N5O/c1-18-14-19(2)31(28-18)16-20-8-6-9-21(15-20)26(32)30-13-7-10-22(17-30)25-27-23-11-4-5-12-24(23)29(25)3/h4-6,8-9,11-12,14-15,22H,7,10,13,16-17H2,1-3H3. The number of amides is 1. The maximum Gasteiger partial charge on any atom is 0.253 e. The minimum atomic E-state index is 0.101. The summed E-state index contributed by atoms with van der Waals surface area (Å²) in [5.41, 5.74) is 6.13. The van der Waals surface area contributed by atoms with Crippen LogP contribution in [0.15, 0.2) is 54.6 Å². The minimum Gasteiger partial charge on any atom is -0.338 e. The second-order valence-corrected chi connectivity index (χ2v) is 8.89. The summed E-state index contributed by atoms with van der Waals surface area (Å²) in [4.78, 5) is 20.3. The van der Waals surface area contributed by atoms with Gasteiger partial charge in [-0.05, 0) is 62.6 Å². The van der Waals surface area contributed by atoms with Crippen molar-refractivity contribution in [2.24, 2.45) is 7.05 Å². The molecule has 1 fully saturated rings. The van der Waals surface area contributed by atoms with Crippen LogP contribution in [0.25, 0.3) is 11.0 Å². The van der Waals surface area contributed by atoms with Crippen molar-refractivity contribution in [3.8, 4) is 0 Å². The van der Waals surface area contributed by atoms with Gasteiger partial charge in [-0.15, -0.1) is 0 Å². The van der Waals surface area contributed by atoms with Gasteiger partial charge in [0.05, 0.1) is 23.3 Å². The molecule has 1 aliphatic heterocycles. The van der Waals surface area contributed by atoms with Crippen LogP contribution in [-0.4, -0.2) is 43.2 Å². The molecule has 32 heavy (non-hydrogen) atoms. The predicted molar refractivity (Wildman–Crippen MR) is 126 cm³/mol. The monoisotopic (exact) mass is 427 g/mol. The smallest absolute Gasteiger partial charge is 0.253 e. The molecular formula is C26H29N5O. The van der Waals surface area contributed by atoms with E-state index in [0.717, 1.165) is 58.8 Å². The Balaban J connectivity index is 1.35. The molecule has 6 heteroatoms. The average molecular weight is 428 g/mol. The Kier molecular flexibility index (Phi) is 5.29. The Morgan fingerprint density at radius 2 is 1.94 bits per heavy atom. The molecule has 2 aromatic heterocycles. The zero-order chi connectivity index (χ0) is 22.2. The van der Waals surface area contributed by atoms with E-state index in [4.69, 9.17) is 4.98 Å². The lowest BCUT2D eigenvalue weighted by atomic mass is 9.96. The third-order valence-corrected chi connectivity index (χ3v) is 6.51. The van der Waals surface area contributed by atoms with E-state index in [2.05, 4.69) is 47.9 Å². The van der Waals surface area contributed by atoms with Crippen molar-refractivity contribution in [1.82, 2.24) is 24.2 Å². The number of aromatic nitrogens is 4. The first kappa shape index (κ1) is 20.5. The lowest BCUT2D eigenvalue weighted by Gasteiger charge is -2.32. The Hall–Kier alpha value is -3.41. The van der Waals surface area contributed by atoms with E-state index < -0.39 is 0 Å². The van der Waals surface area contributed by atoms with Gasteiger partial charge in [0, 0.05) is 37.3 Å². The number of piperidine rings is 1. The summed E-state index contributed by atoms with van der Waals surface area (Å²) < 4.78 is 4.17. The molecule has 4 aromatic rings. The first-order chi connectivity index (χ1) is 15.5. The number of hydrogen-bond donors (Lipinski definition) is 0. The summed E-state index contributed by atoms with van der Waals surface area (Å²) in [5, 5.41) is 4.55. The van der Waals surface area contributed by atoms with Gasteiger partial charge in [0.2, 0.25) is 0 Å². The van der Waals surface area contributed by atoms with Crippen molar-refractivity contribution in [2.75, 3.05) is 13.1 Å². The molecule has 0 saturated carbocycles.